The van der Waals surface area contributed by atoms with Crippen molar-refractivity contribution in [2.75, 3.05) is 18.6 Å². The van der Waals surface area contributed by atoms with Gasteiger partial charge >= 0.3 is 0 Å². The second-order valence-electron chi connectivity index (χ2n) is 11.0. The van der Waals surface area contributed by atoms with Crippen molar-refractivity contribution in [2.45, 2.75) is 24.3 Å². The van der Waals surface area contributed by atoms with Gasteiger partial charge in [-0.15, -0.1) is 0 Å². The van der Waals surface area contributed by atoms with Crippen molar-refractivity contribution >= 4 is 50.8 Å². The summed E-state index contributed by atoms with van der Waals surface area (Å²) in [6.07, 6.45) is 0.527. The number of aromatic hydroxyl groups is 1. The predicted octanol–water partition coefficient (Wildman–Crippen LogP) is 6.43. The molecule has 1 aliphatic rings. The number of carbonyl (C=O) groups is 3. The molecule has 3 amide bonds. The zero-order chi connectivity index (χ0) is 32.8. The lowest BCUT2D eigenvalue weighted by molar-refractivity contribution is -0.124. The minimum atomic E-state index is -0.494. The average molecular weight is 644 g/mol. The van der Waals surface area contributed by atoms with Gasteiger partial charge in [0.25, 0.3) is 5.91 Å². The molecule has 0 fully saturated rings. The number of hydrogen-bond donors (Lipinski definition) is 3. The molecule has 1 aliphatic heterocycles. The summed E-state index contributed by atoms with van der Waals surface area (Å²) in [5.74, 6) is -0.374. The number of benzene rings is 5. The minimum absolute atomic E-state index is 0.0916. The quantitative estimate of drug-likeness (QED) is 0.162. The van der Waals surface area contributed by atoms with Crippen molar-refractivity contribution in [2.24, 2.45) is 0 Å². The fraction of sp³-hybridized carbons (Fsp3) is 0.132. The highest BCUT2D eigenvalue weighted by Gasteiger charge is 2.32. The molecule has 236 valence electrons. The maximum Gasteiger partial charge on any atom is 0.276 e. The van der Waals surface area contributed by atoms with Crippen molar-refractivity contribution in [1.29, 1.82) is 0 Å². The van der Waals surface area contributed by atoms with E-state index in [4.69, 9.17) is 4.74 Å². The number of para-hydroxylation sites is 1. The van der Waals surface area contributed by atoms with Crippen LogP contribution in [-0.2, 0) is 27.3 Å². The SMILES string of the molecule is COc1ccc(C2=C(NC(=O)CCc3ccc(O)cc3)C(=O)N(CC(=O)NCc3cccc4ccccc34)c3ccccc3S2)cc1. The van der Waals surface area contributed by atoms with Gasteiger partial charge in [-0.1, -0.05) is 90.6 Å². The van der Waals surface area contributed by atoms with E-state index in [9.17, 15) is 19.5 Å². The molecule has 3 N–H and O–H groups in total. The fourth-order valence-corrected chi connectivity index (χ4v) is 6.59. The highest BCUT2D eigenvalue weighted by Crippen LogP contribution is 2.44. The second-order valence-corrected chi connectivity index (χ2v) is 12.1. The third-order valence-electron chi connectivity index (χ3n) is 7.91. The van der Waals surface area contributed by atoms with Crippen molar-refractivity contribution in [1.82, 2.24) is 10.6 Å². The van der Waals surface area contributed by atoms with Gasteiger partial charge in [0, 0.05) is 22.8 Å². The molecule has 5 aromatic carbocycles. The van der Waals surface area contributed by atoms with E-state index in [2.05, 4.69) is 10.6 Å². The summed E-state index contributed by atoms with van der Waals surface area (Å²) in [5.41, 5.74) is 3.23. The van der Waals surface area contributed by atoms with Crippen LogP contribution in [0, 0.1) is 0 Å². The maximum atomic E-state index is 14.5. The van der Waals surface area contributed by atoms with Gasteiger partial charge in [-0.3, -0.25) is 19.3 Å². The zero-order valence-corrected chi connectivity index (χ0v) is 26.6. The first-order chi connectivity index (χ1) is 22.9. The standard InChI is InChI=1S/C38H33N3O5S/c1-46-30-20-16-27(17-21-30)37-36(40-34(43)22-15-25-13-18-29(42)19-14-25)38(45)41(32-11-4-5-12-33(32)47-37)24-35(44)39-23-28-9-6-8-26-7-2-3-10-31(26)28/h2-14,16-21,42H,15,22-24H2,1H3,(H,39,44)(H,40,43). The number of methoxy groups -OCH3 is 1. The van der Waals surface area contributed by atoms with Crippen molar-refractivity contribution in [3.05, 3.63) is 138 Å². The Morgan fingerprint density at radius 3 is 2.34 bits per heavy atom. The monoisotopic (exact) mass is 643 g/mol. The fourth-order valence-electron chi connectivity index (χ4n) is 5.44. The molecule has 0 aliphatic carbocycles. The van der Waals surface area contributed by atoms with E-state index < -0.39 is 5.91 Å². The highest BCUT2D eigenvalue weighted by atomic mass is 32.2. The number of aryl methyl sites for hydroxylation is 1. The lowest BCUT2D eigenvalue weighted by atomic mass is 10.0. The number of hydrogen-bond acceptors (Lipinski definition) is 6. The number of ether oxygens (including phenoxy) is 1. The highest BCUT2D eigenvalue weighted by molar-refractivity contribution is 8.08. The molecule has 6 rings (SSSR count). The van der Waals surface area contributed by atoms with Crippen molar-refractivity contribution in [3.63, 3.8) is 0 Å². The summed E-state index contributed by atoms with van der Waals surface area (Å²) in [6, 6.07) is 35.3. The third kappa shape index (κ3) is 7.31. The summed E-state index contributed by atoms with van der Waals surface area (Å²) in [7, 11) is 1.58. The predicted molar refractivity (Wildman–Crippen MR) is 185 cm³/mol. The van der Waals surface area contributed by atoms with Gasteiger partial charge in [0.05, 0.1) is 12.8 Å². The van der Waals surface area contributed by atoms with Crippen molar-refractivity contribution < 1.29 is 24.2 Å². The Morgan fingerprint density at radius 1 is 0.830 bits per heavy atom. The number of fused-ring (bicyclic) bond motifs is 2. The first kappa shape index (κ1) is 31.4. The number of nitrogens with one attached hydrogen (secondary N) is 2. The van der Waals surface area contributed by atoms with Crippen LogP contribution in [0.2, 0.25) is 0 Å². The first-order valence-electron chi connectivity index (χ1n) is 15.2. The van der Waals surface area contributed by atoms with E-state index in [1.807, 2.05) is 72.8 Å². The molecule has 0 saturated carbocycles. The van der Waals surface area contributed by atoms with Gasteiger partial charge < -0.3 is 20.5 Å². The van der Waals surface area contributed by atoms with Gasteiger partial charge in [0.15, 0.2) is 0 Å². The van der Waals surface area contributed by atoms with Crippen LogP contribution in [-0.4, -0.2) is 36.5 Å². The smallest absolute Gasteiger partial charge is 0.276 e. The average Bonchev–Trinajstić information content (AvgIpc) is 3.21. The van der Waals surface area contributed by atoms with Crippen LogP contribution in [0.15, 0.2) is 126 Å². The molecule has 0 unspecified atom stereocenters. The number of amides is 3. The molecule has 0 radical (unpaired) electrons. The van der Waals surface area contributed by atoms with Crippen LogP contribution in [0.1, 0.15) is 23.1 Å². The number of thioether (sulfide) groups is 1. The van der Waals surface area contributed by atoms with Crippen LogP contribution < -0.4 is 20.3 Å². The van der Waals surface area contributed by atoms with E-state index in [1.165, 1.54) is 16.7 Å². The second kappa shape index (κ2) is 14.3. The molecule has 0 aromatic heterocycles. The third-order valence-corrected chi connectivity index (χ3v) is 9.11. The number of phenolic OH excluding ortho intramolecular Hbond substituents is 1. The molecule has 9 heteroatoms. The van der Waals surface area contributed by atoms with Crippen molar-refractivity contribution in [3.8, 4) is 11.5 Å². The molecular weight excluding hydrogens is 611 g/mol. The number of anilines is 1. The van der Waals surface area contributed by atoms with Gasteiger partial charge in [0.2, 0.25) is 11.8 Å². The lowest BCUT2D eigenvalue weighted by Gasteiger charge is -2.23. The normalized spacial score (nSPS) is 12.8. The van der Waals surface area contributed by atoms with Crippen LogP contribution in [0.3, 0.4) is 0 Å². The van der Waals surface area contributed by atoms with Crippen LogP contribution in [0.4, 0.5) is 5.69 Å². The van der Waals surface area contributed by atoms with Crippen LogP contribution >= 0.6 is 11.8 Å². The zero-order valence-electron chi connectivity index (χ0n) is 25.7. The number of rotatable bonds is 10. The van der Waals surface area contributed by atoms with Gasteiger partial charge in [-0.05, 0) is 70.3 Å². The Labute approximate surface area is 277 Å². The van der Waals surface area contributed by atoms with Crippen LogP contribution in [0.25, 0.3) is 15.7 Å². The summed E-state index contributed by atoms with van der Waals surface area (Å²) in [5, 5.41) is 17.6. The first-order valence-corrected chi connectivity index (χ1v) is 16.0. The Bertz CT molecular complexity index is 1970. The topological polar surface area (TPSA) is 108 Å². The minimum Gasteiger partial charge on any atom is -0.508 e. The summed E-state index contributed by atoms with van der Waals surface area (Å²) in [6.45, 7) is 0.0519. The molecule has 8 nitrogen and oxygen atoms in total. The summed E-state index contributed by atoms with van der Waals surface area (Å²) < 4.78 is 5.34. The Balaban J connectivity index is 1.29. The molecule has 5 aromatic rings. The van der Waals surface area contributed by atoms with Crippen LogP contribution in [0.5, 0.6) is 11.5 Å². The molecule has 0 saturated heterocycles. The van der Waals surface area contributed by atoms with E-state index in [-0.39, 0.29) is 36.2 Å². The molecule has 0 spiro atoms. The number of carbonyl (C=O) groups excluding carboxylic acids is 3. The Hall–Kier alpha value is -5.54. The molecular formula is C38H33N3O5S. The van der Waals surface area contributed by atoms with E-state index >= 15 is 0 Å². The molecule has 0 bridgehead atoms. The van der Waals surface area contributed by atoms with Gasteiger partial charge in [-0.25, -0.2) is 0 Å². The number of nitrogens with zero attached hydrogens (tertiary/aromatic N) is 1. The van der Waals surface area contributed by atoms with E-state index in [0.29, 0.717) is 29.3 Å². The largest absolute Gasteiger partial charge is 0.508 e. The molecule has 47 heavy (non-hydrogen) atoms. The van der Waals surface area contributed by atoms with E-state index in [0.717, 1.165) is 32.4 Å². The van der Waals surface area contributed by atoms with E-state index in [1.54, 1.807) is 49.6 Å². The summed E-state index contributed by atoms with van der Waals surface area (Å²) >= 11 is 1.36. The maximum absolute atomic E-state index is 14.5. The summed E-state index contributed by atoms with van der Waals surface area (Å²) in [4.78, 5) is 44.1. The molecule has 1 heterocycles. The van der Waals surface area contributed by atoms with Gasteiger partial charge in [0.1, 0.15) is 23.7 Å². The number of phenols is 1. The molecule has 0 atom stereocenters. The Morgan fingerprint density at radius 2 is 1.55 bits per heavy atom. The lowest BCUT2D eigenvalue weighted by Crippen LogP contribution is -2.44. The Kier molecular flexibility index (Phi) is 9.54. The van der Waals surface area contributed by atoms with Gasteiger partial charge in [-0.2, -0.15) is 0 Å².